The van der Waals surface area contributed by atoms with E-state index in [-0.39, 0.29) is 5.91 Å². The molecule has 0 radical (unpaired) electrons. The van der Waals surface area contributed by atoms with Crippen LogP contribution in [-0.4, -0.2) is 37.0 Å². The number of benzene rings is 1. The third-order valence-electron chi connectivity index (χ3n) is 3.08. The van der Waals surface area contributed by atoms with E-state index in [1.165, 1.54) is 12.2 Å². The third-order valence-corrected chi connectivity index (χ3v) is 4.27. The van der Waals surface area contributed by atoms with Crippen molar-refractivity contribution in [2.75, 3.05) is 36.9 Å². The second-order valence-corrected chi connectivity index (χ2v) is 6.27. The Hall–Kier alpha value is -1.20. The number of rotatable bonds is 10. The molecular formula is C16H27N3OS. The van der Waals surface area contributed by atoms with E-state index in [0.29, 0.717) is 17.8 Å². The van der Waals surface area contributed by atoms with Gasteiger partial charge in [-0.25, -0.2) is 0 Å². The number of thioether (sulfide) groups is 1. The van der Waals surface area contributed by atoms with Crippen molar-refractivity contribution in [1.82, 2.24) is 10.6 Å². The highest BCUT2D eigenvalue weighted by Gasteiger charge is 2.07. The molecule has 1 amide bonds. The van der Waals surface area contributed by atoms with Gasteiger partial charge in [-0.2, -0.15) is 11.8 Å². The Balaban J connectivity index is 2.11. The van der Waals surface area contributed by atoms with Crippen LogP contribution in [0.2, 0.25) is 0 Å². The van der Waals surface area contributed by atoms with Crippen molar-refractivity contribution in [3.8, 4) is 0 Å². The van der Waals surface area contributed by atoms with E-state index in [1.807, 2.05) is 24.8 Å². The molecule has 0 heterocycles. The Labute approximate surface area is 132 Å². The van der Waals surface area contributed by atoms with Crippen LogP contribution >= 0.6 is 11.8 Å². The van der Waals surface area contributed by atoms with Crippen molar-refractivity contribution in [3.63, 3.8) is 0 Å². The number of nitrogens with two attached hydrogens (primary N) is 1. The highest BCUT2D eigenvalue weighted by molar-refractivity contribution is 7.99. The summed E-state index contributed by atoms with van der Waals surface area (Å²) in [6, 6.07) is 5.37. The van der Waals surface area contributed by atoms with Crippen LogP contribution < -0.4 is 16.4 Å². The number of hydrogen-bond acceptors (Lipinski definition) is 4. The maximum atomic E-state index is 12.0. The average Bonchev–Trinajstić information content (AvgIpc) is 2.45. The monoisotopic (exact) mass is 309 g/mol. The summed E-state index contributed by atoms with van der Waals surface area (Å²) in [5.41, 5.74) is 7.99. The summed E-state index contributed by atoms with van der Waals surface area (Å²) in [4.78, 5) is 12.0. The van der Waals surface area contributed by atoms with Gasteiger partial charge >= 0.3 is 0 Å². The number of hydrogen-bond donors (Lipinski definition) is 3. The summed E-state index contributed by atoms with van der Waals surface area (Å²) < 4.78 is 0. The first-order valence-electron chi connectivity index (χ1n) is 7.58. The Bertz CT molecular complexity index is 438. The van der Waals surface area contributed by atoms with Gasteiger partial charge in [0.1, 0.15) is 0 Å². The van der Waals surface area contributed by atoms with E-state index in [0.717, 1.165) is 30.8 Å². The third kappa shape index (κ3) is 7.39. The maximum absolute atomic E-state index is 12.0. The second kappa shape index (κ2) is 10.5. The summed E-state index contributed by atoms with van der Waals surface area (Å²) in [5, 5.41) is 6.33. The van der Waals surface area contributed by atoms with E-state index in [2.05, 4.69) is 17.6 Å². The van der Waals surface area contributed by atoms with Crippen molar-refractivity contribution in [1.29, 1.82) is 0 Å². The van der Waals surface area contributed by atoms with Crippen LogP contribution in [0.3, 0.4) is 0 Å². The molecule has 1 aromatic carbocycles. The molecule has 0 aliphatic carbocycles. The van der Waals surface area contributed by atoms with Crippen LogP contribution in [-0.2, 0) is 0 Å². The lowest BCUT2D eigenvalue weighted by Crippen LogP contribution is -2.28. The van der Waals surface area contributed by atoms with Gasteiger partial charge in [0.05, 0.1) is 0 Å². The second-order valence-electron chi connectivity index (χ2n) is 5.05. The molecule has 21 heavy (non-hydrogen) atoms. The van der Waals surface area contributed by atoms with Gasteiger partial charge in [-0.05, 0) is 55.8 Å². The summed E-state index contributed by atoms with van der Waals surface area (Å²) in [6.45, 7) is 6.77. The Morgan fingerprint density at radius 2 is 2.05 bits per heavy atom. The SMILES string of the molecule is CCCSCCNCCCNC(=O)c1ccc(N)cc1C. The highest BCUT2D eigenvalue weighted by Crippen LogP contribution is 2.12. The Morgan fingerprint density at radius 3 is 2.76 bits per heavy atom. The van der Waals surface area contributed by atoms with Gasteiger partial charge in [-0.1, -0.05) is 6.92 Å². The topological polar surface area (TPSA) is 67.1 Å². The Kier molecular flexibility index (Phi) is 8.94. The van der Waals surface area contributed by atoms with E-state index in [4.69, 9.17) is 5.73 Å². The molecule has 0 unspecified atom stereocenters. The van der Waals surface area contributed by atoms with E-state index in [9.17, 15) is 4.79 Å². The number of nitrogens with one attached hydrogen (secondary N) is 2. The van der Waals surface area contributed by atoms with Gasteiger partial charge in [0.25, 0.3) is 5.91 Å². The number of carbonyl (C=O) groups excluding carboxylic acids is 1. The fourth-order valence-electron chi connectivity index (χ4n) is 1.97. The standard InChI is InChI=1S/C16H27N3OS/c1-3-10-21-11-9-18-7-4-8-19-16(20)15-6-5-14(17)12-13(15)2/h5-6,12,18H,3-4,7-11,17H2,1-2H3,(H,19,20). The van der Waals surface area contributed by atoms with Crippen LogP contribution in [0.15, 0.2) is 18.2 Å². The lowest BCUT2D eigenvalue weighted by Gasteiger charge is -2.09. The van der Waals surface area contributed by atoms with Crippen LogP contribution in [0.25, 0.3) is 0 Å². The Morgan fingerprint density at radius 1 is 1.24 bits per heavy atom. The zero-order valence-corrected chi connectivity index (χ0v) is 13.9. The normalized spacial score (nSPS) is 10.6. The van der Waals surface area contributed by atoms with Gasteiger partial charge in [-0.3, -0.25) is 4.79 Å². The predicted molar refractivity (Wildman–Crippen MR) is 93.0 cm³/mol. The van der Waals surface area contributed by atoms with Crippen molar-refractivity contribution in [2.45, 2.75) is 26.7 Å². The molecular weight excluding hydrogens is 282 g/mol. The molecule has 0 aliphatic rings. The number of carbonyl (C=O) groups is 1. The molecule has 5 heteroatoms. The zero-order chi connectivity index (χ0) is 15.5. The highest BCUT2D eigenvalue weighted by atomic mass is 32.2. The van der Waals surface area contributed by atoms with Crippen molar-refractivity contribution in [3.05, 3.63) is 29.3 Å². The van der Waals surface area contributed by atoms with Crippen LogP contribution in [0.5, 0.6) is 0 Å². The smallest absolute Gasteiger partial charge is 0.251 e. The molecule has 0 fully saturated rings. The minimum Gasteiger partial charge on any atom is -0.399 e. The van der Waals surface area contributed by atoms with Gasteiger partial charge in [-0.15, -0.1) is 0 Å². The number of amides is 1. The molecule has 1 aromatic rings. The number of aryl methyl sites for hydroxylation is 1. The van der Waals surface area contributed by atoms with Crippen molar-refractivity contribution < 1.29 is 4.79 Å². The average molecular weight is 309 g/mol. The predicted octanol–water partition coefficient (Wildman–Crippen LogP) is 2.43. The van der Waals surface area contributed by atoms with E-state index in [1.54, 1.807) is 12.1 Å². The fraction of sp³-hybridized carbons (Fsp3) is 0.562. The van der Waals surface area contributed by atoms with Gasteiger partial charge in [0.2, 0.25) is 0 Å². The maximum Gasteiger partial charge on any atom is 0.251 e. The van der Waals surface area contributed by atoms with Gasteiger partial charge in [0, 0.05) is 30.1 Å². The first-order valence-corrected chi connectivity index (χ1v) is 8.73. The first kappa shape index (κ1) is 17.9. The van der Waals surface area contributed by atoms with Crippen molar-refractivity contribution >= 4 is 23.4 Å². The molecule has 0 saturated carbocycles. The molecule has 4 N–H and O–H groups in total. The number of anilines is 1. The summed E-state index contributed by atoms with van der Waals surface area (Å²) in [5.74, 6) is 2.37. The molecule has 1 rings (SSSR count). The summed E-state index contributed by atoms with van der Waals surface area (Å²) in [7, 11) is 0. The largest absolute Gasteiger partial charge is 0.399 e. The molecule has 0 atom stereocenters. The summed E-state index contributed by atoms with van der Waals surface area (Å²) in [6.07, 6.45) is 2.18. The van der Waals surface area contributed by atoms with E-state index >= 15 is 0 Å². The van der Waals surface area contributed by atoms with Gasteiger partial charge in [0.15, 0.2) is 0 Å². The fourth-order valence-corrected chi connectivity index (χ4v) is 2.75. The minimum atomic E-state index is -0.0222. The molecule has 0 aromatic heterocycles. The van der Waals surface area contributed by atoms with Crippen LogP contribution in [0.4, 0.5) is 5.69 Å². The molecule has 0 saturated heterocycles. The van der Waals surface area contributed by atoms with Crippen LogP contribution in [0, 0.1) is 6.92 Å². The lowest BCUT2D eigenvalue weighted by molar-refractivity contribution is 0.0952. The first-order chi connectivity index (χ1) is 10.1. The number of nitrogen functional groups attached to an aromatic ring is 1. The van der Waals surface area contributed by atoms with E-state index < -0.39 is 0 Å². The van der Waals surface area contributed by atoms with Gasteiger partial charge < -0.3 is 16.4 Å². The molecule has 0 spiro atoms. The quantitative estimate of drug-likeness (QED) is 0.459. The van der Waals surface area contributed by atoms with Crippen molar-refractivity contribution in [2.24, 2.45) is 0 Å². The summed E-state index contributed by atoms with van der Waals surface area (Å²) >= 11 is 1.98. The molecule has 118 valence electrons. The zero-order valence-electron chi connectivity index (χ0n) is 13.1. The molecule has 4 nitrogen and oxygen atoms in total. The van der Waals surface area contributed by atoms with Crippen LogP contribution in [0.1, 0.15) is 35.7 Å². The molecule has 0 aliphatic heterocycles. The minimum absolute atomic E-state index is 0.0222. The molecule has 0 bridgehead atoms. The lowest BCUT2D eigenvalue weighted by atomic mass is 10.1.